The van der Waals surface area contributed by atoms with Crippen LogP contribution in [0.15, 0.2) is 0 Å². The molecule has 3 rings (SSSR count). The normalized spacial score (nSPS) is 15.6. The second kappa shape index (κ2) is 6.51. The van der Waals surface area contributed by atoms with Crippen molar-refractivity contribution in [3.05, 3.63) is 21.7 Å². The Labute approximate surface area is 145 Å². The number of esters is 1. The van der Waals surface area contributed by atoms with Gasteiger partial charge in [0.25, 0.3) is 0 Å². The average Bonchev–Trinajstić information content (AvgIpc) is 2.84. The predicted octanol–water partition coefficient (Wildman–Crippen LogP) is 4.19. The SMILES string of the molecule is CC(=O)c1c(C)nc2sc(C(=O)OC3CCCCC3)c(N)c2c1C. The zero-order chi connectivity index (χ0) is 17.4. The molecule has 1 aliphatic carbocycles. The average molecular weight is 346 g/mol. The number of carbonyl (C=O) groups is 2. The molecule has 0 atom stereocenters. The Balaban J connectivity index is 2.00. The second-order valence-corrected chi connectivity index (χ2v) is 7.44. The fourth-order valence-electron chi connectivity index (χ4n) is 3.54. The maximum absolute atomic E-state index is 12.5. The van der Waals surface area contributed by atoms with Gasteiger partial charge in [-0.1, -0.05) is 6.42 Å². The minimum atomic E-state index is -0.371. The van der Waals surface area contributed by atoms with Crippen LogP contribution in [0.25, 0.3) is 10.2 Å². The number of aromatic nitrogens is 1. The molecule has 0 unspecified atom stereocenters. The van der Waals surface area contributed by atoms with Crippen LogP contribution in [-0.4, -0.2) is 22.8 Å². The molecule has 2 N–H and O–H groups in total. The Hall–Kier alpha value is -1.95. The van der Waals surface area contributed by atoms with E-state index in [1.165, 1.54) is 24.7 Å². The van der Waals surface area contributed by atoms with E-state index in [2.05, 4.69) is 4.98 Å². The summed E-state index contributed by atoms with van der Waals surface area (Å²) in [5.41, 5.74) is 8.64. The maximum atomic E-state index is 12.5. The van der Waals surface area contributed by atoms with E-state index in [0.29, 0.717) is 32.0 Å². The highest BCUT2D eigenvalue weighted by molar-refractivity contribution is 7.21. The molecule has 0 aliphatic heterocycles. The summed E-state index contributed by atoms with van der Waals surface area (Å²) in [6.45, 7) is 5.18. The summed E-state index contributed by atoms with van der Waals surface area (Å²) >= 11 is 1.25. The Morgan fingerprint density at radius 1 is 1.21 bits per heavy atom. The van der Waals surface area contributed by atoms with Gasteiger partial charge >= 0.3 is 5.97 Å². The third-order valence-corrected chi connectivity index (χ3v) is 5.75. The van der Waals surface area contributed by atoms with Crippen LogP contribution < -0.4 is 5.73 Å². The van der Waals surface area contributed by atoms with E-state index in [1.807, 2.05) is 6.92 Å². The van der Waals surface area contributed by atoms with Gasteiger partial charge in [-0.25, -0.2) is 9.78 Å². The molecule has 1 aliphatic rings. The molecule has 24 heavy (non-hydrogen) atoms. The molecule has 0 aromatic carbocycles. The first-order valence-corrected chi connectivity index (χ1v) is 9.13. The van der Waals surface area contributed by atoms with Gasteiger partial charge in [-0.05, 0) is 52.0 Å². The Morgan fingerprint density at radius 2 is 1.88 bits per heavy atom. The fraction of sp³-hybridized carbons (Fsp3) is 0.500. The lowest BCUT2D eigenvalue weighted by atomic mass is 9.98. The molecular weight excluding hydrogens is 324 g/mol. The Kier molecular flexibility index (Phi) is 4.58. The first-order chi connectivity index (χ1) is 11.4. The van der Waals surface area contributed by atoms with Gasteiger partial charge in [-0.15, -0.1) is 11.3 Å². The van der Waals surface area contributed by atoms with Gasteiger partial charge in [0.1, 0.15) is 15.8 Å². The van der Waals surface area contributed by atoms with Crippen LogP contribution in [0.1, 0.15) is 70.3 Å². The predicted molar refractivity (Wildman–Crippen MR) is 95.8 cm³/mol. The van der Waals surface area contributed by atoms with Crippen molar-refractivity contribution >= 4 is 39.0 Å². The van der Waals surface area contributed by atoms with Crippen LogP contribution in [-0.2, 0) is 4.74 Å². The van der Waals surface area contributed by atoms with E-state index in [9.17, 15) is 9.59 Å². The molecule has 5 nitrogen and oxygen atoms in total. The lowest BCUT2D eigenvalue weighted by Crippen LogP contribution is -2.20. The Bertz CT molecular complexity index is 820. The van der Waals surface area contributed by atoms with E-state index >= 15 is 0 Å². The molecule has 0 bridgehead atoms. The van der Waals surface area contributed by atoms with Crippen molar-refractivity contribution in [1.29, 1.82) is 0 Å². The summed E-state index contributed by atoms with van der Waals surface area (Å²) in [6, 6.07) is 0. The highest BCUT2D eigenvalue weighted by atomic mass is 32.1. The van der Waals surface area contributed by atoms with E-state index in [1.54, 1.807) is 6.92 Å². The van der Waals surface area contributed by atoms with Gasteiger partial charge in [0.2, 0.25) is 0 Å². The van der Waals surface area contributed by atoms with Crippen LogP contribution in [0.3, 0.4) is 0 Å². The van der Waals surface area contributed by atoms with E-state index < -0.39 is 0 Å². The summed E-state index contributed by atoms with van der Waals surface area (Å²) in [7, 11) is 0. The van der Waals surface area contributed by atoms with Crippen LogP contribution in [0, 0.1) is 13.8 Å². The quantitative estimate of drug-likeness (QED) is 0.665. The van der Waals surface area contributed by atoms with Crippen molar-refractivity contribution < 1.29 is 14.3 Å². The number of nitrogens with zero attached hydrogens (tertiary/aromatic N) is 1. The number of rotatable bonds is 3. The van der Waals surface area contributed by atoms with Crippen molar-refractivity contribution in [3.8, 4) is 0 Å². The highest BCUT2D eigenvalue weighted by Gasteiger charge is 2.25. The number of aryl methyl sites for hydroxylation is 2. The number of ketones is 1. The maximum Gasteiger partial charge on any atom is 0.350 e. The van der Waals surface area contributed by atoms with Gasteiger partial charge in [0.15, 0.2) is 5.78 Å². The minimum absolute atomic E-state index is 0.0144. The molecule has 128 valence electrons. The largest absolute Gasteiger partial charge is 0.458 e. The molecular formula is C18H22N2O3S. The zero-order valence-corrected chi connectivity index (χ0v) is 15.1. The molecule has 1 fully saturated rings. The van der Waals surface area contributed by atoms with Gasteiger partial charge in [0.05, 0.1) is 11.4 Å². The van der Waals surface area contributed by atoms with E-state index in [-0.39, 0.29) is 17.9 Å². The lowest BCUT2D eigenvalue weighted by molar-refractivity contribution is 0.0218. The number of pyridine rings is 1. The monoisotopic (exact) mass is 346 g/mol. The van der Waals surface area contributed by atoms with Crippen molar-refractivity contribution in [3.63, 3.8) is 0 Å². The number of hydrogen-bond acceptors (Lipinski definition) is 6. The molecule has 6 heteroatoms. The van der Waals surface area contributed by atoms with Gasteiger partial charge in [0, 0.05) is 10.9 Å². The number of fused-ring (bicyclic) bond motifs is 1. The third kappa shape index (κ3) is 2.90. The molecule has 2 aromatic heterocycles. The second-order valence-electron chi connectivity index (χ2n) is 6.44. The van der Waals surface area contributed by atoms with Crippen LogP contribution in [0.4, 0.5) is 5.69 Å². The summed E-state index contributed by atoms with van der Waals surface area (Å²) in [4.78, 5) is 30.0. The molecule has 0 radical (unpaired) electrons. The molecule has 2 aromatic rings. The third-order valence-electron chi connectivity index (χ3n) is 4.67. The van der Waals surface area contributed by atoms with Crippen molar-refractivity contribution in [2.75, 3.05) is 5.73 Å². The number of nitrogens with two attached hydrogens (primary N) is 1. The summed E-state index contributed by atoms with van der Waals surface area (Å²) in [6.07, 6.45) is 5.22. The number of anilines is 1. The number of carbonyl (C=O) groups excluding carboxylic acids is 2. The topological polar surface area (TPSA) is 82.3 Å². The number of ether oxygens (including phenoxy) is 1. The summed E-state index contributed by atoms with van der Waals surface area (Å²) in [5, 5.41) is 0.700. The summed E-state index contributed by atoms with van der Waals surface area (Å²) < 4.78 is 5.63. The molecule has 2 heterocycles. The van der Waals surface area contributed by atoms with Crippen molar-refractivity contribution in [1.82, 2.24) is 4.98 Å². The van der Waals surface area contributed by atoms with Crippen molar-refractivity contribution in [2.24, 2.45) is 0 Å². The minimum Gasteiger partial charge on any atom is -0.458 e. The van der Waals surface area contributed by atoms with Crippen LogP contribution in [0.2, 0.25) is 0 Å². The Morgan fingerprint density at radius 3 is 2.50 bits per heavy atom. The van der Waals surface area contributed by atoms with E-state index in [0.717, 1.165) is 31.2 Å². The first kappa shape index (κ1) is 16.9. The van der Waals surface area contributed by atoms with Gasteiger partial charge in [-0.3, -0.25) is 4.79 Å². The number of thiophene rings is 1. The number of Topliss-reactive ketones (excluding diaryl/α,β-unsaturated/α-hetero) is 1. The highest BCUT2D eigenvalue weighted by Crippen LogP contribution is 2.37. The number of nitrogen functional groups attached to an aromatic ring is 1. The molecule has 0 amide bonds. The number of hydrogen-bond donors (Lipinski definition) is 1. The molecule has 0 saturated heterocycles. The standard InChI is InChI=1S/C18H22N2O3S/c1-9-13(11(3)21)10(2)20-17-14(9)15(19)16(24-17)18(22)23-12-7-5-4-6-8-12/h12H,4-8,19H2,1-3H3. The molecule has 0 spiro atoms. The fourth-order valence-corrected chi connectivity index (χ4v) is 4.62. The molecule has 1 saturated carbocycles. The first-order valence-electron chi connectivity index (χ1n) is 8.31. The lowest BCUT2D eigenvalue weighted by Gasteiger charge is -2.21. The smallest absolute Gasteiger partial charge is 0.350 e. The van der Waals surface area contributed by atoms with E-state index in [4.69, 9.17) is 10.5 Å². The van der Waals surface area contributed by atoms with Crippen molar-refractivity contribution in [2.45, 2.75) is 59.0 Å². The summed E-state index contributed by atoms with van der Waals surface area (Å²) in [5.74, 6) is -0.417. The van der Waals surface area contributed by atoms with Crippen LogP contribution in [0.5, 0.6) is 0 Å². The van der Waals surface area contributed by atoms with Crippen LogP contribution >= 0.6 is 11.3 Å². The van der Waals surface area contributed by atoms with Gasteiger partial charge < -0.3 is 10.5 Å². The zero-order valence-electron chi connectivity index (χ0n) is 14.3. The van der Waals surface area contributed by atoms with Gasteiger partial charge in [-0.2, -0.15) is 0 Å².